The lowest BCUT2D eigenvalue weighted by Crippen LogP contribution is -2.32. The fourth-order valence-corrected chi connectivity index (χ4v) is 2.99. The average Bonchev–Trinajstić information content (AvgIpc) is 2.61. The lowest BCUT2D eigenvalue weighted by Gasteiger charge is -2.18. The highest BCUT2D eigenvalue weighted by atomic mass is 19.4. The van der Waals surface area contributed by atoms with Crippen molar-refractivity contribution in [3.8, 4) is 5.69 Å². The van der Waals surface area contributed by atoms with Crippen molar-refractivity contribution in [2.45, 2.75) is 25.4 Å². The number of hydrogen-bond donors (Lipinski definition) is 1. The van der Waals surface area contributed by atoms with Crippen molar-refractivity contribution in [1.82, 2.24) is 4.57 Å². The smallest absolute Gasteiger partial charge is 0.431 e. The first-order valence-corrected chi connectivity index (χ1v) is 8.10. The standard InChI is InChI=1S/C19H14F3NO4/c20-19(21,22)15-10-9-12(17(26)16-13(24)7-4-8-14(16)25)18(27)23(15)11-5-2-1-3-6-11/h1-3,5-6,9-10,24H,4,7-8H2. The van der Waals surface area contributed by atoms with E-state index in [1.54, 1.807) is 6.07 Å². The van der Waals surface area contributed by atoms with Gasteiger partial charge in [0.15, 0.2) is 5.78 Å². The molecule has 2 aromatic rings. The van der Waals surface area contributed by atoms with Crippen LogP contribution in [0, 0.1) is 0 Å². The number of Topliss-reactive ketones (excluding diaryl/α,β-unsaturated/α-hetero) is 2. The van der Waals surface area contributed by atoms with Crippen LogP contribution in [0.15, 0.2) is 58.6 Å². The fourth-order valence-electron chi connectivity index (χ4n) is 2.99. The van der Waals surface area contributed by atoms with Gasteiger partial charge < -0.3 is 5.11 Å². The first-order valence-electron chi connectivity index (χ1n) is 8.10. The molecular formula is C19H14F3NO4. The molecule has 0 saturated carbocycles. The zero-order valence-electron chi connectivity index (χ0n) is 13.9. The highest BCUT2D eigenvalue weighted by Crippen LogP contribution is 2.30. The van der Waals surface area contributed by atoms with Gasteiger partial charge in [-0.3, -0.25) is 19.0 Å². The molecule has 1 aromatic carbocycles. The van der Waals surface area contributed by atoms with Crippen LogP contribution in [0.25, 0.3) is 5.69 Å². The third kappa shape index (κ3) is 3.42. The largest absolute Gasteiger partial charge is 0.511 e. The second-order valence-electron chi connectivity index (χ2n) is 6.03. The van der Waals surface area contributed by atoms with Crippen molar-refractivity contribution < 1.29 is 27.9 Å². The summed E-state index contributed by atoms with van der Waals surface area (Å²) in [4.78, 5) is 37.4. The summed E-state index contributed by atoms with van der Waals surface area (Å²) >= 11 is 0. The van der Waals surface area contributed by atoms with Gasteiger partial charge in [0.1, 0.15) is 17.0 Å². The number of para-hydroxylation sites is 1. The summed E-state index contributed by atoms with van der Waals surface area (Å²) in [5, 5.41) is 9.88. The normalized spacial score (nSPS) is 15.1. The molecule has 5 nitrogen and oxygen atoms in total. The number of hydrogen-bond acceptors (Lipinski definition) is 4. The second kappa shape index (κ2) is 6.86. The Balaban J connectivity index is 2.24. The number of pyridine rings is 1. The maximum Gasteiger partial charge on any atom is 0.431 e. The minimum Gasteiger partial charge on any atom is -0.511 e. The minimum absolute atomic E-state index is 0.0264. The molecule has 3 rings (SSSR count). The Kier molecular flexibility index (Phi) is 4.73. The predicted octanol–water partition coefficient (Wildman–Crippen LogP) is 3.60. The number of aliphatic hydroxyl groups is 1. The van der Waals surface area contributed by atoms with Crippen molar-refractivity contribution in [2.24, 2.45) is 0 Å². The molecule has 0 spiro atoms. The molecular weight excluding hydrogens is 363 g/mol. The number of aromatic nitrogens is 1. The molecule has 0 amide bonds. The number of ketones is 2. The molecule has 0 unspecified atom stereocenters. The van der Waals surface area contributed by atoms with Gasteiger partial charge in [0, 0.05) is 18.5 Å². The molecule has 1 aromatic heterocycles. The molecule has 0 bridgehead atoms. The maximum atomic E-state index is 13.4. The lowest BCUT2D eigenvalue weighted by molar-refractivity contribution is -0.142. The number of carbonyl (C=O) groups is 2. The summed E-state index contributed by atoms with van der Waals surface area (Å²) in [6.45, 7) is 0. The topological polar surface area (TPSA) is 76.4 Å². The van der Waals surface area contributed by atoms with E-state index in [0.29, 0.717) is 17.1 Å². The molecule has 0 aliphatic heterocycles. The van der Waals surface area contributed by atoms with Crippen LogP contribution in [0.3, 0.4) is 0 Å². The van der Waals surface area contributed by atoms with Crippen molar-refractivity contribution in [3.63, 3.8) is 0 Å². The molecule has 0 radical (unpaired) electrons. The summed E-state index contributed by atoms with van der Waals surface area (Å²) < 4.78 is 40.5. The number of alkyl halides is 3. The number of allylic oxidation sites excluding steroid dienone is 2. The maximum absolute atomic E-state index is 13.4. The first-order chi connectivity index (χ1) is 12.7. The average molecular weight is 377 g/mol. The van der Waals surface area contributed by atoms with Gasteiger partial charge >= 0.3 is 6.18 Å². The Morgan fingerprint density at radius 1 is 1.00 bits per heavy atom. The van der Waals surface area contributed by atoms with E-state index in [2.05, 4.69) is 0 Å². The Morgan fingerprint density at radius 2 is 1.67 bits per heavy atom. The Morgan fingerprint density at radius 3 is 2.26 bits per heavy atom. The molecule has 27 heavy (non-hydrogen) atoms. The van der Waals surface area contributed by atoms with E-state index in [0.717, 1.165) is 6.07 Å². The summed E-state index contributed by atoms with van der Waals surface area (Å²) in [6, 6.07) is 8.44. The van der Waals surface area contributed by atoms with Crippen LogP contribution in [0.5, 0.6) is 0 Å². The van der Waals surface area contributed by atoms with Crippen molar-refractivity contribution in [2.75, 3.05) is 0 Å². The van der Waals surface area contributed by atoms with E-state index < -0.39 is 45.9 Å². The number of carbonyl (C=O) groups excluding carboxylic acids is 2. The molecule has 1 heterocycles. The van der Waals surface area contributed by atoms with Gasteiger partial charge in [-0.25, -0.2) is 0 Å². The van der Waals surface area contributed by atoms with Gasteiger partial charge in [0.05, 0.1) is 5.56 Å². The highest BCUT2D eigenvalue weighted by Gasteiger charge is 2.37. The minimum atomic E-state index is -4.83. The van der Waals surface area contributed by atoms with Gasteiger partial charge in [-0.15, -0.1) is 0 Å². The monoisotopic (exact) mass is 377 g/mol. The molecule has 1 aliphatic rings. The zero-order valence-corrected chi connectivity index (χ0v) is 13.9. The van der Waals surface area contributed by atoms with Gasteiger partial charge in [-0.05, 0) is 30.7 Å². The van der Waals surface area contributed by atoms with Crippen LogP contribution >= 0.6 is 0 Å². The first kappa shape index (κ1) is 18.6. The SMILES string of the molecule is O=C1CCCC(O)=C1C(=O)c1ccc(C(F)(F)F)n(-c2ccccc2)c1=O. The van der Waals surface area contributed by atoms with Crippen LogP contribution in [0.1, 0.15) is 35.3 Å². The third-order valence-corrected chi connectivity index (χ3v) is 4.24. The number of aliphatic hydroxyl groups excluding tert-OH is 1. The molecule has 1 aliphatic carbocycles. The van der Waals surface area contributed by atoms with Crippen LogP contribution in [-0.4, -0.2) is 21.2 Å². The molecule has 0 fully saturated rings. The predicted molar refractivity (Wildman–Crippen MR) is 89.9 cm³/mol. The number of rotatable bonds is 3. The van der Waals surface area contributed by atoms with Gasteiger partial charge in [0.2, 0.25) is 5.78 Å². The van der Waals surface area contributed by atoms with Crippen molar-refractivity contribution in [1.29, 1.82) is 0 Å². The Labute approximate surface area is 151 Å². The van der Waals surface area contributed by atoms with Gasteiger partial charge in [-0.2, -0.15) is 13.2 Å². The van der Waals surface area contributed by atoms with Gasteiger partial charge in [-0.1, -0.05) is 18.2 Å². The lowest BCUT2D eigenvalue weighted by atomic mass is 9.90. The zero-order chi connectivity index (χ0) is 19.8. The Bertz CT molecular complexity index is 1000. The third-order valence-electron chi connectivity index (χ3n) is 4.24. The second-order valence-corrected chi connectivity index (χ2v) is 6.03. The molecule has 8 heteroatoms. The van der Waals surface area contributed by atoms with Crippen LogP contribution < -0.4 is 5.56 Å². The highest BCUT2D eigenvalue weighted by molar-refractivity contribution is 6.26. The fraction of sp³-hybridized carbons (Fsp3) is 0.211. The summed E-state index contributed by atoms with van der Waals surface area (Å²) in [5.74, 6) is -2.14. The van der Waals surface area contributed by atoms with E-state index in [4.69, 9.17) is 0 Å². The van der Waals surface area contributed by atoms with E-state index in [1.165, 1.54) is 24.3 Å². The van der Waals surface area contributed by atoms with E-state index >= 15 is 0 Å². The number of benzene rings is 1. The van der Waals surface area contributed by atoms with Crippen LogP contribution in [0.4, 0.5) is 13.2 Å². The molecule has 0 saturated heterocycles. The van der Waals surface area contributed by atoms with E-state index in [-0.39, 0.29) is 18.5 Å². The van der Waals surface area contributed by atoms with Crippen LogP contribution in [-0.2, 0) is 11.0 Å². The summed E-state index contributed by atoms with van der Waals surface area (Å²) in [5.41, 5.74) is -3.66. The van der Waals surface area contributed by atoms with Gasteiger partial charge in [0.25, 0.3) is 5.56 Å². The molecule has 1 N–H and O–H groups in total. The quantitative estimate of drug-likeness (QED) is 0.655. The number of nitrogens with zero attached hydrogens (tertiary/aromatic N) is 1. The summed E-state index contributed by atoms with van der Waals surface area (Å²) in [7, 11) is 0. The molecule has 140 valence electrons. The van der Waals surface area contributed by atoms with Crippen molar-refractivity contribution in [3.05, 3.63) is 75.4 Å². The summed E-state index contributed by atoms with van der Waals surface area (Å²) in [6.07, 6.45) is -4.35. The van der Waals surface area contributed by atoms with E-state index in [1.807, 2.05) is 0 Å². The molecule has 0 atom stereocenters. The van der Waals surface area contributed by atoms with E-state index in [9.17, 15) is 32.7 Å². The Hall–Kier alpha value is -3.16. The van der Waals surface area contributed by atoms with Crippen LogP contribution in [0.2, 0.25) is 0 Å². The number of halogens is 3. The van der Waals surface area contributed by atoms with Crippen molar-refractivity contribution >= 4 is 11.6 Å².